The van der Waals surface area contributed by atoms with Crippen molar-refractivity contribution >= 4 is 33.0 Å². The lowest BCUT2D eigenvalue weighted by Gasteiger charge is -2.29. The number of morpholine rings is 1. The van der Waals surface area contributed by atoms with Gasteiger partial charge in [-0.05, 0) is 49.6 Å². The van der Waals surface area contributed by atoms with Crippen molar-refractivity contribution < 1.29 is 17.9 Å². The molecule has 0 saturated carbocycles. The number of hydrogen-bond acceptors (Lipinski definition) is 6. The van der Waals surface area contributed by atoms with Crippen molar-refractivity contribution in [2.24, 2.45) is 0 Å². The molecule has 2 aliphatic heterocycles. The predicted octanol–water partition coefficient (Wildman–Crippen LogP) is 2.79. The fraction of sp³-hybridized carbons (Fsp3) is 0.500. The number of carbonyl (C=O) groups is 1. The second-order valence-electron chi connectivity index (χ2n) is 7.99. The molecule has 0 radical (unpaired) electrons. The first-order valence-electron chi connectivity index (χ1n) is 10.7. The SMILES string of the molecule is CC(NC(=O)Cc1ccc(S(=O)(=O)N2CCCC2)s1)c1ccc(N2CCOCC2)cc1. The van der Waals surface area contributed by atoms with Gasteiger partial charge in [-0.25, -0.2) is 8.42 Å². The van der Waals surface area contributed by atoms with Crippen LogP contribution in [0.1, 0.15) is 36.2 Å². The van der Waals surface area contributed by atoms with Crippen LogP contribution in [0.25, 0.3) is 0 Å². The molecule has 3 heterocycles. The molecule has 2 saturated heterocycles. The topological polar surface area (TPSA) is 79.0 Å². The Morgan fingerprint density at radius 3 is 2.42 bits per heavy atom. The van der Waals surface area contributed by atoms with Gasteiger partial charge in [-0.2, -0.15) is 4.31 Å². The van der Waals surface area contributed by atoms with Gasteiger partial charge in [-0.3, -0.25) is 4.79 Å². The average Bonchev–Trinajstić information content (AvgIpc) is 3.47. The Balaban J connectivity index is 1.33. The number of rotatable bonds is 7. The lowest BCUT2D eigenvalue weighted by molar-refractivity contribution is -0.121. The molecule has 4 rings (SSSR count). The molecule has 1 amide bonds. The first-order valence-corrected chi connectivity index (χ1v) is 13.0. The summed E-state index contributed by atoms with van der Waals surface area (Å²) in [6, 6.07) is 11.5. The van der Waals surface area contributed by atoms with Crippen LogP contribution in [0.15, 0.2) is 40.6 Å². The quantitative estimate of drug-likeness (QED) is 0.683. The summed E-state index contributed by atoms with van der Waals surface area (Å²) < 4.78 is 32.6. The zero-order valence-electron chi connectivity index (χ0n) is 17.7. The van der Waals surface area contributed by atoms with Gasteiger partial charge in [-0.1, -0.05) is 12.1 Å². The van der Waals surface area contributed by atoms with Gasteiger partial charge in [0, 0.05) is 36.7 Å². The van der Waals surface area contributed by atoms with Crippen LogP contribution < -0.4 is 10.2 Å². The minimum absolute atomic E-state index is 0.114. The Bertz CT molecular complexity index is 992. The molecule has 2 aromatic rings. The van der Waals surface area contributed by atoms with E-state index in [0.29, 0.717) is 17.3 Å². The number of anilines is 1. The van der Waals surface area contributed by atoms with Crippen LogP contribution in [0.2, 0.25) is 0 Å². The van der Waals surface area contributed by atoms with Crippen molar-refractivity contribution in [2.45, 2.75) is 36.4 Å². The molecule has 1 N–H and O–H groups in total. The number of ether oxygens (including phenoxy) is 1. The summed E-state index contributed by atoms with van der Waals surface area (Å²) in [4.78, 5) is 15.6. The number of benzene rings is 1. The van der Waals surface area contributed by atoms with Crippen LogP contribution >= 0.6 is 11.3 Å². The van der Waals surface area contributed by atoms with Crippen LogP contribution in [-0.2, 0) is 26.0 Å². The fourth-order valence-electron chi connectivity index (χ4n) is 3.98. The van der Waals surface area contributed by atoms with Crippen LogP contribution in [0, 0.1) is 0 Å². The van der Waals surface area contributed by atoms with Gasteiger partial charge in [-0.15, -0.1) is 11.3 Å². The predicted molar refractivity (Wildman–Crippen MR) is 122 cm³/mol. The third-order valence-corrected chi connectivity index (χ3v) is 9.23. The third-order valence-electron chi connectivity index (χ3n) is 5.78. The molecule has 1 aromatic carbocycles. The molecular weight excluding hydrogens is 434 g/mol. The Morgan fingerprint density at radius 1 is 1.06 bits per heavy atom. The van der Waals surface area contributed by atoms with E-state index in [9.17, 15) is 13.2 Å². The third kappa shape index (κ3) is 5.28. The minimum atomic E-state index is -3.42. The summed E-state index contributed by atoms with van der Waals surface area (Å²) in [5.41, 5.74) is 2.20. The van der Waals surface area contributed by atoms with Gasteiger partial charge in [0.2, 0.25) is 5.91 Å². The van der Waals surface area contributed by atoms with Gasteiger partial charge < -0.3 is 15.0 Å². The molecule has 168 valence electrons. The maximum Gasteiger partial charge on any atom is 0.252 e. The first-order chi connectivity index (χ1) is 14.9. The summed E-state index contributed by atoms with van der Waals surface area (Å²) in [5, 5.41) is 3.02. The van der Waals surface area contributed by atoms with Crippen molar-refractivity contribution in [1.29, 1.82) is 0 Å². The number of nitrogens with one attached hydrogen (secondary N) is 1. The van der Waals surface area contributed by atoms with Crippen molar-refractivity contribution in [3.63, 3.8) is 0 Å². The zero-order chi connectivity index (χ0) is 21.8. The van der Waals surface area contributed by atoms with Crippen molar-refractivity contribution in [3.8, 4) is 0 Å². The Hall–Kier alpha value is -1.94. The summed E-state index contributed by atoms with van der Waals surface area (Å²) in [5.74, 6) is -0.114. The lowest BCUT2D eigenvalue weighted by atomic mass is 10.1. The molecule has 1 atom stereocenters. The lowest BCUT2D eigenvalue weighted by Crippen LogP contribution is -2.36. The standard InChI is InChI=1S/C22H29N3O4S2/c1-17(18-4-6-19(7-5-18)24-12-14-29-15-13-24)23-21(26)16-20-8-9-22(30-20)31(27,28)25-10-2-3-11-25/h4-9,17H,2-3,10-16H2,1H3,(H,23,26). The highest BCUT2D eigenvalue weighted by Gasteiger charge is 2.28. The molecule has 7 nitrogen and oxygen atoms in total. The van der Waals surface area contributed by atoms with Crippen molar-refractivity contribution in [1.82, 2.24) is 9.62 Å². The summed E-state index contributed by atoms with van der Waals surface area (Å²) >= 11 is 1.19. The van der Waals surface area contributed by atoms with Crippen LogP contribution in [-0.4, -0.2) is 58.0 Å². The number of thiophene rings is 1. The molecule has 0 aliphatic carbocycles. The monoisotopic (exact) mass is 463 g/mol. The Labute approximate surface area is 188 Å². The fourth-order valence-corrected chi connectivity index (χ4v) is 7.00. The van der Waals surface area contributed by atoms with Gasteiger partial charge in [0.25, 0.3) is 10.0 Å². The highest BCUT2D eigenvalue weighted by Crippen LogP contribution is 2.28. The number of carbonyl (C=O) groups excluding carboxylic acids is 1. The van der Waals surface area contributed by atoms with Crippen molar-refractivity contribution in [2.75, 3.05) is 44.3 Å². The Kier molecular flexibility index (Phi) is 6.95. The number of hydrogen-bond donors (Lipinski definition) is 1. The number of sulfonamides is 1. The van der Waals surface area contributed by atoms with E-state index in [4.69, 9.17) is 4.74 Å². The van der Waals surface area contributed by atoms with E-state index in [1.54, 1.807) is 12.1 Å². The maximum absolute atomic E-state index is 12.7. The van der Waals surface area contributed by atoms with Gasteiger partial charge >= 0.3 is 0 Å². The van der Waals surface area contributed by atoms with Crippen molar-refractivity contribution in [3.05, 3.63) is 46.8 Å². The first kappa shape index (κ1) is 22.3. The van der Waals surface area contributed by atoms with E-state index in [1.165, 1.54) is 15.6 Å². The molecule has 0 spiro atoms. The molecule has 1 unspecified atom stereocenters. The smallest absolute Gasteiger partial charge is 0.252 e. The highest BCUT2D eigenvalue weighted by molar-refractivity contribution is 7.91. The van der Waals surface area contributed by atoms with E-state index in [2.05, 4.69) is 22.3 Å². The van der Waals surface area contributed by atoms with E-state index in [1.807, 2.05) is 19.1 Å². The molecular formula is C22H29N3O4S2. The molecule has 9 heteroatoms. The summed E-state index contributed by atoms with van der Waals surface area (Å²) in [7, 11) is -3.42. The van der Waals surface area contributed by atoms with Gasteiger partial charge in [0.05, 0.1) is 25.7 Å². The van der Waals surface area contributed by atoms with Crippen LogP contribution in [0.5, 0.6) is 0 Å². The zero-order valence-corrected chi connectivity index (χ0v) is 19.4. The second kappa shape index (κ2) is 9.68. The molecule has 31 heavy (non-hydrogen) atoms. The second-order valence-corrected chi connectivity index (χ2v) is 11.3. The Morgan fingerprint density at radius 2 is 1.74 bits per heavy atom. The minimum Gasteiger partial charge on any atom is -0.378 e. The van der Waals surface area contributed by atoms with Crippen LogP contribution in [0.3, 0.4) is 0 Å². The van der Waals surface area contributed by atoms with E-state index in [-0.39, 0.29) is 18.4 Å². The molecule has 1 aromatic heterocycles. The highest BCUT2D eigenvalue weighted by atomic mass is 32.2. The van der Waals surface area contributed by atoms with E-state index in [0.717, 1.165) is 55.3 Å². The number of nitrogens with zero attached hydrogens (tertiary/aromatic N) is 2. The molecule has 2 fully saturated rings. The largest absolute Gasteiger partial charge is 0.378 e. The maximum atomic E-state index is 12.7. The number of amides is 1. The van der Waals surface area contributed by atoms with Gasteiger partial charge in [0.1, 0.15) is 4.21 Å². The average molecular weight is 464 g/mol. The van der Waals surface area contributed by atoms with Gasteiger partial charge in [0.15, 0.2) is 0 Å². The van der Waals surface area contributed by atoms with E-state index < -0.39 is 10.0 Å². The molecule has 0 bridgehead atoms. The normalized spacial score (nSPS) is 18.8. The summed E-state index contributed by atoms with van der Waals surface area (Å²) in [6.45, 7) is 6.40. The molecule has 2 aliphatic rings. The van der Waals surface area contributed by atoms with Crippen LogP contribution in [0.4, 0.5) is 5.69 Å². The van der Waals surface area contributed by atoms with E-state index >= 15 is 0 Å². The summed E-state index contributed by atoms with van der Waals surface area (Å²) in [6.07, 6.45) is 1.99.